The molecule has 0 atom stereocenters. The third-order valence-electron chi connectivity index (χ3n) is 3.36. The first-order valence-corrected chi connectivity index (χ1v) is 9.33. The number of hydrogen-bond acceptors (Lipinski definition) is 4. The molecule has 0 unspecified atom stereocenters. The third-order valence-corrected chi connectivity index (χ3v) is 4.60. The lowest BCUT2D eigenvalue weighted by atomic mass is 10.2. The molecule has 0 aliphatic carbocycles. The second kappa shape index (κ2) is 10.5. The fourth-order valence-electron chi connectivity index (χ4n) is 2.03. The third kappa shape index (κ3) is 6.25. The lowest BCUT2D eigenvalue weighted by Crippen LogP contribution is -2.38. The molecule has 0 spiro atoms. The van der Waals surface area contributed by atoms with Gasteiger partial charge in [0.25, 0.3) is 5.91 Å². The van der Waals surface area contributed by atoms with E-state index in [0.717, 1.165) is 5.56 Å². The summed E-state index contributed by atoms with van der Waals surface area (Å²) in [6.45, 7) is 1.34. The zero-order valence-electron chi connectivity index (χ0n) is 14.1. The Morgan fingerprint density at radius 1 is 1.23 bits per heavy atom. The summed E-state index contributed by atoms with van der Waals surface area (Å²) in [5, 5.41) is 6.48. The van der Waals surface area contributed by atoms with Gasteiger partial charge in [0.2, 0.25) is 0 Å². The molecule has 0 saturated carbocycles. The first kappa shape index (κ1) is 20.6. The molecular formula is C18H18BrClN2O3S. The number of rotatable bonds is 7. The van der Waals surface area contributed by atoms with Crippen LogP contribution in [0.5, 0.6) is 5.75 Å². The van der Waals surface area contributed by atoms with Gasteiger partial charge in [0.1, 0.15) is 12.4 Å². The fraction of sp³-hybridized carbons (Fsp3) is 0.222. The van der Waals surface area contributed by atoms with Crippen molar-refractivity contribution >= 4 is 50.8 Å². The van der Waals surface area contributed by atoms with Crippen molar-refractivity contribution in [1.82, 2.24) is 10.6 Å². The summed E-state index contributed by atoms with van der Waals surface area (Å²) in [4.78, 5) is 12.3. The Morgan fingerprint density at radius 2 is 2.00 bits per heavy atom. The molecule has 2 N–H and O–H groups in total. The molecule has 0 aliphatic heterocycles. The molecule has 2 aromatic carbocycles. The second-order valence-electron chi connectivity index (χ2n) is 5.21. The van der Waals surface area contributed by atoms with Crippen LogP contribution in [0.15, 0.2) is 46.9 Å². The molecule has 0 heterocycles. The van der Waals surface area contributed by atoms with Crippen LogP contribution in [0.4, 0.5) is 0 Å². The maximum absolute atomic E-state index is 12.3. The fourth-order valence-corrected chi connectivity index (χ4v) is 2.89. The summed E-state index contributed by atoms with van der Waals surface area (Å²) in [7, 11) is 1.61. The van der Waals surface area contributed by atoms with Crippen LogP contribution in [0.25, 0.3) is 0 Å². The average Bonchev–Trinajstić information content (AvgIpc) is 2.62. The number of amides is 1. The Hall–Kier alpha value is -1.67. The molecule has 0 saturated heterocycles. The number of methoxy groups -OCH3 is 1. The lowest BCUT2D eigenvalue weighted by molar-refractivity contribution is 0.0976. The molecule has 0 aliphatic rings. The van der Waals surface area contributed by atoms with Crippen LogP contribution in [-0.4, -0.2) is 31.3 Å². The van der Waals surface area contributed by atoms with Gasteiger partial charge in [0.15, 0.2) is 5.11 Å². The van der Waals surface area contributed by atoms with Crippen molar-refractivity contribution in [3.63, 3.8) is 0 Å². The summed E-state index contributed by atoms with van der Waals surface area (Å²) in [5.74, 6) is 0.323. The number of carbonyl (C=O) groups is 1. The summed E-state index contributed by atoms with van der Waals surface area (Å²) < 4.78 is 11.2. The van der Waals surface area contributed by atoms with Crippen molar-refractivity contribution in [3.05, 3.63) is 63.1 Å². The molecule has 0 aromatic heterocycles. The monoisotopic (exact) mass is 456 g/mol. The van der Waals surface area contributed by atoms with Gasteiger partial charge in [-0.1, -0.05) is 29.8 Å². The van der Waals surface area contributed by atoms with Crippen LogP contribution >= 0.6 is 39.7 Å². The summed E-state index contributed by atoms with van der Waals surface area (Å²) in [6, 6.07) is 12.5. The summed E-state index contributed by atoms with van der Waals surface area (Å²) in [5.41, 5.74) is 1.35. The van der Waals surface area contributed by atoms with Crippen molar-refractivity contribution in [3.8, 4) is 5.75 Å². The highest BCUT2D eigenvalue weighted by Crippen LogP contribution is 2.26. The minimum atomic E-state index is -0.314. The van der Waals surface area contributed by atoms with Crippen LogP contribution < -0.4 is 15.4 Å². The quantitative estimate of drug-likeness (QED) is 0.487. The first-order valence-electron chi connectivity index (χ1n) is 7.75. The van der Waals surface area contributed by atoms with Gasteiger partial charge in [0.05, 0.1) is 11.1 Å². The molecule has 0 fully saturated rings. The SMILES string of the molecule is COCCOc1ccc(C(=O)NC(=S)NCc2ccccc2Cl)cc1Br. The van der Waals surface area contributed by atoms with E-state index in [1.54, 1.807) is 31.4 Å². The minimum absolute atomic E-state index is 0.228. The number of halogens is 2. The Morgan fingerprint density at radius 3 is 2.69 bits per heavy atom. The van der Waals surface area contributed by atoms with Crippen molar-refractivity contribution in [1.29, 1.82) is 0 Å². The molecule has 0 radical (unpaired) electrons. The van der Waals surface area contributed by atoms with Gasteiger partial charge < -0.3 is 14.8 Å². The van der Waals surface area contributed by atoms with E-state index in [1.807, 2.05) is 18.2 Å². The Labute approximate surface area is 171 Å². The number of benzene rings is 2. The minimum Gasteiger partial charge on any atom is -0.490 e. The van der Waals surface area contributed by atoms with Crippen LogP contribution in [0, 0.1) is 0 Å². The van der Waals surface area contributed by atoms with E-state index in [-0.39, 0.29) is 11.0 Å². The predicted molar refractivity (Wildman–Crippen MR) is 110 cm³/mol. The van der Waals surface area contributed by atoms with Gasteiger partial charge in [-0.2, -0.15) is 0 Å². The largest absolute Gasteiger partial charge is 0.490 e. The highest BCUT2D eigenvalue weighted by atomic mass is 79.9. The van der Waals surface area contributed by atoms with Crippen LogP contribution in [0.3, 0.4) is 0 Å². The normalized spacial score (nSPS) is 10.3. The summed E-state index contributed by atoms with van der Waals surface area (Å²) in [6.07, 6.45) is 0. The van der Waals surface area contributed by atoms with Gasteiger partial charge in [-0.05, 0) is 58.0 Å². The highest BCUT2D eigenvalue weighted by Gasteiger charge is 2.11. The van der Waals surface area contributed by atoms with Gasteiger partial charge in [-0.3, -0.25) is 10.1 Å². The molecule has 26 heavy (non-hydrogen) atoms. The molecular weight excluding hydrogens is 440 g/mol. The smallest absolute Gasteiger partial charge is 0.257 e. The molecule has 5 nitrogen and oxygen atoms in total. The van der Waals surface area contributed by atoms with Crippen LogP contribution in [0.2, 0.25) is 5.02 Å². The van der Waals surface area contributed by atoms with E-state index in [2.05, 4.69) is 26.6 Å². The van der Waals surface area contributed by atoms with Gasteiger partial charge in [-0.25, -0.2) is 0 Å². The molecule has 0 bridgehead atoms. The molecule has 1 amide bonds. The van der Waals surface area contributed by atoms with Crippen molar-refractivity contribution in [2.45, 2.75) is 6.54 Å². The molecule has 2 rings (SSSR count). The van der Waals surface area contributed by atoms with Gasteiger partial charge in [-0.15, -0.1) is 0 Å². The number of ether oxygens (including phenoxy) is 2. The van der Waals surface area contributed by atoms with Crippen LogP contribution in [0.1, 0.15) is 15.9 Å². The number of carbonyl (C=O) groups excluding carboxylic acids is 1. The number of nitrogens with one attached hydrogen (secondary N) is 2. The highest BCUT2D eigenvalue weighted by molar-refractivity contribution is 9.10. The van der Waals surface area contributed by atoms with E-state index >= 15 is 0 Å². The zero-order valence-corrected chi connectivity index (χ0v) is 17.2. The maximum atomic E-state index is 12.3. The molecule has 2 aromatic rings. The summed E-state index contributed by atoms with van der Waals surface area (Å²) >= 11 is 14.7. The topological polar surface area (TPSA) is 59.6 Å². The standard InChI is InChI=1S/C18H18BrClN2O3S/c1-24-8-9-25-16-7-6-12(10-14(16)19)17(23)22-18(26)21-11-13-4-2-3-5-15(13)20/h2-7,10H,8-9,11H2,1H3,(H2,21,22,23,26). The second-order valence-corrected chi connectivity index (χ2v) is 6.88. The molecule has 138 valence electrons. The van der Waals surface area contributed by atoms with Crippen LogP contribution in [-0.2, 0) is 11.3 Å². The average molecular weight is 458 g/mol. The number of hydrogen-bond donors (Lipinski definition) is 2. The van der Waals surface area contributed by atoms with E-state index in [0.29, 0.717) is 40.6 Å². The number of thiocarbonyl (C=S) groups is 1. The Kier molecular flexibility index (Phi) is 8.31. The van der Waals surface area contributed by atoms with E-state index in [1.165, 1.54) is 0 Å². The van der Waals surface area contributed by atoms with E-state index in [9.17, 15) is 4.79 Å². The zero-order chi connectivity index (χ0) is 18.9. The predicted octanol–water partition coefficient (Wildman–Crippen LogP) is 3.93. The van der Waals surface area contributed by atoms with E-state index in [4.69, 9.17) is 33.3 Å². The van der Waals surface area contributed by atoms with Gasteiger partial charge in [0, 0.05) is 24.2 Å². The van der Waals surface area contributed by atoms with Gasteiger partial charge >= 0.3 is 0 Å². The maximum Gasteiger partial charge on any atom is 0.257 e. The van der Waals surface area contributed by atoms with Crippen molar-refractivity contribution in [2.75, 3.05) is 20.3 Å². The Bertz CT molecular complexity index is 789. The van der Waals surface area contributed by atoms with Crippen molar-refractivity contribution < 1.29 is 14.3 Å². The lowest BCUT2D eigenvalue weighted by Gasteiger charge is -2.12. The first-order chi connectivity index (χ1) is 12.5. The van der Waals surface area contributed by atoms with E-state index < -0.39 is 0 Å². The molecule has 8 heteroatoms. The van der Waals surface area contributed by atoms with Crippen molar-refractivity contribution in [2.24, 2.45) is 0 Å². The Balaban J connectivity index is 1.89.